The molecule has 2 rings (SSSR count). The van der Waals surface area contributed by atoms with E-state index in [4.69, 9.17) is 11.6 Å². The van der Waals surface area contributed by atoms with Gasteiger partial charge >= 0.3 is 6.03 Å². The van der Waals surface area contributed by atoms with E-state index >= 15 is 0 Å². The first kappa shape index (κ1) is 18.4. The van der Waals surface area contributed by atoms with Crippen molar-refractivity contribution in [1.82, 2.24) is 15.5 Å². The highest BCUT2D eigenvalue weighted by Gasteiger charge is 2.21. The molecule has 2 N–H and O–H groups in total. The van der Waals surface area contributed by atoms with Gasteiger partial charge in [-0.2, -0.15) is 0 Å². The Morgan fingerprint density at radius 3 is 2.29 bits per heavy atom. The number of nitrogens with one attached hydrogen (secondary N) is 2. The molecular weight excluding hydrogens is 328 g/mol. The van der Waals surface area contributed by atoms with Crippen LogP contribution < -0.4 is 15.5 Å². The van der Waals surface area contributed by atoms with Crippen LogP contribution in [0, 0.1) is 5.92 Å². The van der Waals surface area contributed by atoms with Gasteiger partial charge in [0.1, 0.15) is 0 Å². The number of piperazine rings is 1. The minimum Gasteiger partial charge on any atom is -0.368 e. The van der Waals surface area contributed by atoms with Crippen molar-refractivity contribution in [3.05, 3.63) is 29.3 Å². The van der Waals surface area contributed by atoms with Crippen molar-refractivity contribution in [3.63, 3.8) is 0 Å². The Kier molecular flexibility index (Phi) is 6.73. The number of carbonyl (C=O) groups excluding carboxylic acids is 2. The molecule has 6 nitrogen and oxygen atoms in total. The lowest BCUT2D eigenvalue weighted by Crippen LogP contribution is -2.53. The summed E-state index contributed by atoms with van der Waals surface area (Å²) in [5.74, 6) is 0.238. The van der Waals surface area contributed by atoms with Gasteiger partial charge in [-0.25, -0.2) is 4.79 Å². The first-order valence-corrected chi connectivity index (χ1v) is 8.63. The van der Waals surface area contributed by atoms with Crippen molar-refractivity contribution in [2.24, 2.45) is 5.92 Å². The Bertz CT molecular complexity index is 554. The first-order chi connectivity index (χ1) is 11.5. The van der Waals surface area contributed by atoms with Crippen LogP contribution in [0.1, 0.15) is 13.8 Å². The van der Waals surface area contributed by atoms with Gasteiger partial charge in [-0.1, -0.05) is 25.4 Å². The van der Waals surface area contributed by atoms with Crippen LogP contribution in [-0.4, -0.2) is 56.1 Å². The number of amides is 3. The number of rotatable bonds is 5. The molecule has 1 aliphatic rings. The van der Waals surface area contributed by atoms with E-state index in [9.17, 15) is 9.59 Å². The normalized spacial score (nSPS) is 14.7. The predicted octanol–water partition coefficient (Wildman–Crippen LogP) is 1.94. The highest BCUT2D eigenvalue weighted by molar-refractivity contribution is 6.30. The number of halogens is 1. The summed E-state index contributed by atoms with van der Waals surface area (Å²) in [6.45, 7) is 7.46. The number of urea groups is 1. The standard InChI is InChI=1S/C17H25ClN4O2/c1-13(2)11-19-16(23)12-20-17(24)22-9-7-21(8-10-22)15-5-3-14(18)4-6-15/h3-6,13H,7-12H2,1-2H3,(H,19,23)(H,20,24). The van der Waals surface area contributed by atoms with Gasteiger partial charge in [0.25, 0.3) is 0 Å². The smallest absolute Gasteiger partial charge is 0.317 e. The van der Waals surface area contributed by atoms with Gasteiger partial charge in [0, 0.05) is 43.4 Å². The van der Waals surface area contributed by atoms with Crippen LogP contribution in [-0.2, 0) is 4.79 Å². The molecule has 0 saturated carbocycles. The van der Waals surface area contributed by atoms with E-state index in [2.05, 4.69) is 15.5 Å². The molecule has 1 fully saturated rings. The lowest BCUT2D eigenvalue weighted by atomic mass is 10.2. The fraction of sp³-hybridized carbons (Fsp3) is 0.529. The molecule has 0 atom stereocenters. The van der Waals surface area contributed by atoms with Crippen LogP contribution in [0.2, 0.25) is 5.02 Å². The maximum atomic E-state index is 12.1. The fourth-order valence-electron chi connectivity index (χ4n) is 2.47. The van der Waals surface area contributed by atoms with Crippen molar-refractivity contribution in [1.29, 1.82) is 0 Å². The maximum absolute atomic E-state index is 12.1. The summed E-state index contributed by atoms with van der Waals surface area (Å²) >= 11 is 5.90. The fourth-order valence-corrected chi connectivity index (χ4v) is 2.59. The Morgan fingerprint density at radius 2 is 1.71 bits per heavy atom. The molecule has 3 amide bonds. The number of carbonyl (C=O) groups is 2. The van der Waals surface area contributed by atoms with E-state index in [1.807, 2.05) is 38.1 Å². The van der Waals surface area contributed by atoms with Crippen molar-refractivity contribution in [3.8, 4) is 0 Å². The molecule has 1 aliphatic heterocycles. The zero-order chi connectivity index (χ0) is 17.5. The van der Waals surface area contributed by atoms with E-state index < -0.39 is 0 Å². The topological polar surface area (TPSA) is 64.7 Å². The molecule has 0 unspecified atom stereocenters. The number of anilines is 1. The summed E-state index contributed by atoms with van der Waals surface area (Å²) in [7, 11) is 0. The van der Waals surface area contributed by atoms with E-state index in [0.29, 0.717) is 30.6 Å². The SMILES string of the molecule is CC(C)CNC(=O)CNC(=O)N1CCN(c2ccc(Cl)cc2)CC1. The molecule has 0 aliphatic carbocycles. The summed E-state index contributed by atoms with van der Waals surface area (Å²) in [6, 6.07) is 7.51. The Morgan fingerprint density at radius 1 is 1.08 bits per heavy atom. The third-order valence-electron chi connectivity index (χ3n) is 3.87. The van der Waals surface area contributed by atoms with Crippen LogP contribution in [0.3, 0.4) is 0 Å². The lowest BCUT2D eigenvalue weighted by Gasteiger charge is -2.36. The zero-order valence-electron chi connectivity index (χ0n) is 14.2. The van der Waals surface area contributed by atoms with Crippen molar-refractivity contribution >= 4 is 29.2 Å². The van der Waals surface area contributed by atoms with E-state index in [0.717, 1.165) is 18.8 Å². The van der Waals surface area contributed by atoms with E-state index in [1.165, 1.54) is 0 Å². The minimum absolute atomic E-state index is 0.0168. The van der Waals surface area contributed by atoms with Crippen LogP contribution in [0.25, 0.3) is 0 Å². The Balaban J connectivity index is 1.72. The molecule has 0 aromatic heterocycles. The second-order valence-electron chi connectivity index (χ2n) is 6.31. The highest BCUT2D eigenvalue weighted by atomic mass is 35.5. The van der Waals surface area contributed by atoms with Gasteiger partial charge in [0.05, 0.1) is 6.54 Å². The molecule has 1 aromatic carbocycles. The van der Waals surface area contributed by atoms with Crippen molar-refractivity contribution in [2.45, 2.75) is 13.8 Å². The summed E-state index contributed by atoms with van der Waals surface area (Å²) in [5, 5.41) is 6.17. The molecule has 1 aromatic rings. The van der Waals surface area contributed by atoms with Gasteiger partial charge in [-0.3, -0.25) is 4.79 Å². The molecule has 0 radical (unpaired) electrons. The van der Waals surface area contributed by atoms with Crippen LogP contribution in [0.5, 0.6) is 0 Å². The number of hydrogen-bond donors (Lipinski definition) is 2. The largest absolute Gasteiger partial charge is 0.368 e. The Hall–Kier alpha value is -1.95. The maximum Gasteiger partial charge on any atom is 0.317 e. The van der Waals surface area contributed by atoms with Crippen molar-refractivity contribution in [2.75, 3.05) is 44.2 Å². The molecule has 24 heavy (non-hydrogen) atoms. The van der Waals surface area contributed by atoms with E-state index in [-0.39, 0.29) is 18.5 Å². The van der Waals surface area contributed by atoms with Crippen molar-refractivity contribution < 1.29 is 9.59 Å². The quantitative estimate of drug-likeness (QED) is 0.851. The van der Waals surface area contributed by atoms with E-state index in [1.54, 1.807) is 4.90 Å². The van der Waals surface area contributed by atoms with Crippen LogP contribution in [0.4, 0.5) is 10.5 Å². The highest BCUT2D eigenvalue weighted by Crippen LogP contribution is 2.19. The van der Waals surface area contributed by atoms with Gasteiger partial charge in [-0.15, -0.1) is 0 Å². The molecular formula is C17H25ClN4O2. The molecule has 0 bridgehead atoms. The lowest BCUT2D eigenvalue weighted by molar-refractivity contribution is -0.120. The summed E-state index contributed by atoms with van der Waals surface area (Å²) in [5.41, 5.74) is 1.10. The summed E-state index contributed by atoms with van der Waals surface area (Å²) in [4.78, 5) is 27.7. The average Bonchev–Trinajstić information content (AvgIpc) is 2.58. The monoisotopic (exact) mass is 352 g/mol. The molecule has 0 spiro atoms. The van der Waals surface area contributed by atoms with Gasteiger partial charge in [-0.05, 0) is 30.2 Å². The van der Waals surface area contributed by atoms with Crippen LogP contribution >= 0.6 is 11.6 Å². The summed E-state index contributed by atoms with van der Waals surface area (Å²) in [6.07, 6.45) is 0. The van der Waals surface area contributed by atoms with Gasteiger partial charge in [0.15, 0.2) is 0 Å². The third kappa shape index (κ3) is 5.60. The zero-order valence-corrected chi connectivity index (χ0v) is 15.0. The van der Waals surface area contributed by atoms with Crippen LogP contribution in [0.15, 0.2) is 24.3 Å². The predicted molar refractivity (Wildman–Crippen MR) is 96.5 cm³/mol. The Labute approximate surface area is 148 Å². The first-order valence-electron chi connectivity index (χ1n) is 8.25. The average molecular weight is 353 g/mol. The third-order valence-corrected chi connectivity index (χ3v) is 4.12. The molecule has 132 valence electrons. The minimum atomic E-state index is -0.189. The molecule has 1 saturated heterocycles. The molecule has 7 heteroatoms. The number of benzene rings is 1. The second kappa shape index (κ2) is 8.78. The second-order valence-corrected chi connectivity index (χ2v) is 6.74. The molecule has 1 heterocycles. The van der Waals surface area contributed by atoms with Gasteiger partial charge < -0.3 is 20.4 Å². The van der Waals surface area contributed by atoms with Gasteiger partial charge in [0.2, 0.25) is 5.91 Å². The number of hydrogen-bond acceptors (Lipinski definition) is 3. The summed E-state index contributed by atoms with van der Waals surface area (Å²) < 4.78 is 0. The number of nitrogens with zero attached hydrogens (tertiary/aromatic N) is 2.